The number of methoxy groups -OCH3 is 1. The first-order valence-electron chi connectivity index (χ1n) is 12.5. The number of aromatic nitrogens is 7. The Morgan fingerprint density at radius 1 is 1.07 bits per heavy atom. The number of aromatic amines is 1. The van der Waals surface area contributed by atoms with Crippen LogP contribution < -0.4 is 10.3 Å². The van der Waals surface area contributed by atoms with E-state index in [1.807, 2.05) is 30.3 Å². The average molecular weight is 568 g/mol. The number of carbonyl (C=O) groups is 1. The molecule has 0 fully saturated rings. The fraction of sp³-hybridized carbons (Fsp3) is 0.103. The summed E-state index contributed by atoms with van der Waals surface area (Å²) in [7, 11) is 1.52. The molecule has 12 heteroatoms. The molecule has 11 nitrogen and oxygen atoms in total. The highest BCUT2D eigenvalue weighted by Gasteiger charge is 2.24. The summed E-state index contributed by atoms with van der Waals surface area (Å²) in [6.07, 6.45) is 3.53. The van der Waals surface area contributed by atoms with E-state index in [0.29, 0.717) is 50.9 Å². The van der Waals surface area contributed by atoms with Gasteiger partial charge in [0, 0.05) is 28.6 Å². The number of ether oxygens (including phenoxy) is 1. The molecule has 41 heavy (non-hydrogen) atoms. The number of H-pyrrole nitrogens is 1. The smallest absolute Gasteiger partial charge is 0.335 e. The third-order valence-electron chi connectivity index (χ3n) is 6.78. The Hall–Kier alpha value is -5.29. The number of carboxylic acids is 1. The van der Waals surface area contributed by atoms with Gasteiger partial charge < -0.3 is 19.4 Å². The van der Waals surface area contributed by atoms with E-state index in [-0.39, 0.29) is 11.1 Å². The largest absolute Gasteiger partial charge is 0.495 e. The van der Waals surface area contributed by atoms with Crippen LogP contribution in [0.1, 0.15) is 27.8 Å². The van der Waals surface area contributed by atoms with Crippen molar-refractivity contribution >= 4 is 28.6 Å². The van der Waals surface area contributed by atoms with Gasteiger partial charge in [0.05, 0.1) is 41.6 Å². The van der Waals surface area contributed by atoms with Crippen LogP contribution in [0.25, 0.3) is 27.8 Å². The minimum atomic E-state index is -1.05. The summed E-state index contributed by atoms with van der Waals surface area (Å²) in [6, 6.07) is 20.5. The number of hydrogen-bond donors (Lipinski definition) is 2. The maximum atomic E-state index is 13.8. The summed E-state index contributed by atoms with van der Waals surface area (Å²) in [4.78, 5) is 33.3. The molecular formula is C29H22ClN7O4. The van der Waals surface area contributed by atoms with Crippen LogP contribution in [-0.2, 0) is 6.42 Å². The first kappa shape index (κ1) is 26.0. The molecule has 0 radical (unpaired) electrons. The third-order valence-corrected chi connectivity index (χ3v) is 7.02. The van der Waals surface area contributed by atoms with Crippen LogP contribution in [0.2, 0.25) is 5.02 Å². The van der Waals surface area contributed by atoms with Crippen molar-refractivity contribution < 1.29 is 14.6 Å². The molecule has 0 aliphatic carbocycles. The summed E-state index contributed by atoms with van der Waals surface area (Å²) in [5.74, 6) is -0.125. The lowest BCUT2D eigenvalue weighted by Crippen LogP contribution is -2.27. The zero-order chi connectivity index (χ0) is 28.5. The van der Waals surface area contributed by atoms with Gasteiger partial charge in [0.25, 0.3) is 5.56 Å². The number of rotatable bonds is 8. The van der Waals surface area contributed by atoms with Gasteiger partial charge in [0.1, 0.15) is 17.9 Å². The van der Waals surface area contributed by atoms with E-state index in [1.165, 1.54) is 36.3 Å². The number of fused-ring (bicyclic) bond motifs is 1. The van der Waals surface area contributed by atoms with Crippen LogP contribution in [0, 0.1) is 0 Å². The molecule has 3 aromatic heterocycles. The van der Waals surface area contributed by atoms with Gasteiger partial charge in [-0.1, -0.05) is 41.9 Å². The summed E-state index contributed by atoms with van der Waals surface area (Å²) in [5.41, 5.74) is 3.67. The van der Waals surface area contributed by atoms with E-state index in [1.54, 1.807) is 35.0 Å². The minimum absolute atomic E-state index is 0.123. The SMILES string of the molecule is COc1cn(C(Cc2ccccc2)c2nc3cc(C(=O)O)ccc3[nH]2)c(=O)cc1-c1cc(Cl)ccc1-n1cnnn1. The Kier molecular flexibility index (Phi) is 6.78. The molecule has 6 aromatic rings. The monoisotopic (exact) mass is 567 g/mol. The Labute approximate surface area is 237 Å². The van der Waals surface area contributed by atoms with E-state index in [9.17, 15) is 14.7 Å². The average Bonchev–Trinajstić information content (AvgIpc) is 3.66. The van der Waals surface area contributed by atoms with Crippen molar-refractivity contribution in [1.82, 2.24) is 34.7 Å². The molecule has 6 rings (SSSR count). The molecule has 3 aromatic carbocycles. The summed E-state index contributed by atoms with van der Waals surface area (Å²) in [6.45, 7) is 0. The van der Waals surface area contributed by atoms with Crippen molar-refractivity contribution in [3.8, 4) is 22.6 Å². The zero-order valence-corrected chi connectivity index (χ0v) is 22.4. The van der Waals surface area contributed by atoms with Crippen LogP contribution >= 0.6 is 11.6 Å². The topological polar surface area (TPSA) is 141 Å². The highest BCUT2D eigenvalue weighted by atomic mass is 35.5. The predicted octanol–water partition coefficient (Wildman–Crippen LogP) is 4.56. The van der Waals surface area contributed by atoms with Crippen LogP contribution in [0.5, 0.6) is 5.75 Å². The van der Waals surface area contributed by atoms with Crippen molar-refractivity contribution in [2.75, 3.05) is 7.11 Å². The molecule has 0 amide bonds. The highest BCUT2D eigenvalue weighted by molar-refractivity contribution is 6.31. The van der Waals surface area contributed by atoms with Crippen molar-refractivity contribution in [3.05, 3.63) is 118 Å². The van der Waals surface area contributed by atoms with E-state index in [0.717, 1.165) is 5.56 Å². The Bertz CT molecular complexity index is 1930. The van der Waals surface area contributed by atoms with Crippen molar-refractivity contribution in [2.45, 2.75) is 12.5 Å². The Morgan fingerprint density at radius 2 is 1.90 bits per heavy atom. The lowest BCUT2D eigenvalue weighted by molar-refractivity contribution is 0.0697. The number of tetrazole rings is 1. The third kappa shape index (κ3) is 5.06. The molecular weight excluding hydrogens is 546 g/mol. The predicted molar refractivity (Wildman–Crippen MR) is 152 cm³/mol. The number of imidazole rings is 1. The van der Waals surface area contributed by atoms with Crippen LogP contribution in [0.15, 0.2) is 90.1 Å². The van der Waals surface area contributed by atoms with Crippen LogP contribution in [0.4, 0.5) is 0 Å². The molecule has 1 atom stereocenters. The van der Waals surface area contributed by atoms with Crippen molar-refractivity contribution in [3.63, 3.8) is 0 Å². The molecule has 3 heterocycles. The normalized spacial score (nSPS) is 12.0. The number of aromatic carboxylic acids is 1. The lowest BCUT2D eigenvalue weighted by atomic mass is 10.0. The van der Waals surface area contributed by atoms with Crippen LogP contribution in [-0.4, -0.2) is 52.9 Å². The molecule has 1 unspecified atom stereocenters. The van der Waals surface area contributed by atoms with E-state index < -0.39 is 12.0 Å². The number of halogens is 1. The number of benzene rings is 3. The quantitative estimate of drug-likeness (QED) is 0.273. The van der Waals surface area contributed by atoms with Gasteiger partial charge in [0.15, 0.2) is 0 Å². The number of carboxylic acid groups (broad SMARTS) is 1. The number of pyridine rings is 1. The lowest BCUT2D eigenvalue weighted by Gasteiger charge is -2.21. The highest BCUT2D eigenvalue weighted by Crippen LogP contribution is 2.36. The molecule has 0 saturated heterocycles. The van der Waals surface area contributed by atoms with Gasteiger partial charge in [0.2, 0.25) is 0 Å². The van der Waals surface area contributed by atoms with Gasteiger partial charge in [-0.15, -0.1) is 5.10 Å². The second-order valence-electron chi connectivity index (χ2n) is 9.28. The van der Waals surface area contributed by atoms with E-state index in [4.69, 9.17) is 21.3 Å². The first-order chi connectivity index (χ1) is 19.9. The van der Waals surface area contributed by atoms with Gasteiger partial charge in [-0.25, -0.2) is 9.78 Å². The molecule has 204 valence electrons. The summed E-state index contributed by atoms with van der Waals surface area (Å²) < 4.78 is 8.83. The fourth-order valence-corrected chi connectivity index (χ4v) is 4.99. The van der Waals surface area contributed by atoms with Crippen molar-refractivity contribution in [1.29, 1.82) is 0 Å². The van der Waals surface area contributed by atoms with E-state index in [2.05, 4.69) is 20.5 Å². The Morgan fingerprint density at radius 3 is 2.63 bits per heavy atom. The molecule has 2 N–H and O–H groups in total. The van der Waals surface area contributed by atoms with Crippen molar-refractivity contribution in [2.24, 2.45) is 0 Å². The second-order valence-corrected chi connectivity index (χ2v) is 9.72. The van der Waals surface area contributed by atoms with Crippen LogP contribution in [0.3, 0.4) is 0 Å². The first-order valence-corrected chi connectivity index (χ1v) is 12.9. The standard InChI is InChI=1S/C29H22ClN7O4/c1-41-26-15-36(27(38)14-21(26)20-13-19(30)8-10-24(20)37-16-31-34-35-37)25(11-17-5-3-2-4-6-17)28-32-22-9-7-18(29(39)40)12-23(22)33-28/h2-10,12-16,25H,11H2,1H3,(H,32,33)(H,39,40). The van der Waals surface area contributed by atoms with Gasteiger partial charge in [-0.05, 0) is 52.4 Å². The molecule has 0 aliphatic heterocycles. The summed E-state index contributed by atoms with van der Waals surface area (Å²) in [5, 5.41) is 21.3. The maximum absolute atomic E-state index is 13.8. The molecule has 0 spiro atoms. The fourth-order valence-electron chi connectivity index (χ4n) is 4.82. The maximum Gasteiger partial charge on any atom is 0.335 e. The van der Waals surface area contributed by atoms with E-state index >= 15 is 0 Å². The number of nitrogens with zero attached hydrogens (tertiary/aromatic N) is 6. The minimum Gasteiger partial charge on any atom is -0.495 e. The number of hydrogen-bond acceptors (Lipinski definition) is 7. The zero-order valence-electron chi connectivity index (χ0n) is 21.6. The Balaban J connectivity index is 1.51. The summed E-state index contributed by atoms with van der Waals surface area (Å²) >= 11 is 6.35. The molecule has 0 aliphatic rings. The molecule has 0 saturated carbocycles. The molecule has 0 bridgehead atoms. The van der Waals surface area contributed by atoms with Gasteiger partial charge in [-0.3, -0.25) is 4.79 Å². The van der Waals surface area contributed by atoms with Gasteiger partial charge in [-0.2, -0.15) is 4.68 Å². The van der Waals surface area contributed by atoms with Gasteiger partial charge >= 0.3 is 5.97 Å². The number of nitrogens with one attached hydrogen (secondary N) is 1. The second kappa shape index (κ2) is 10.7.